The van der Waals surface area contributed by atoms with Crippen LogP contribution >= 0.6 is 11.6 Å². The molecule has 0 radical (unpaired) electrons. The quantitative estimate of drug-likeness (QED) is 0.363. The molecule has 2 fully saturated rings. The minimum atomic E-state index is -1.28. The van der Waals surface area contributed by atoms with Gasteiger partial charge in [-0.1, -0.05) is 12.1 Å². The zero-order valence-corrected chi connectivity index (χ0v) is 18.8. The fraction of sp³-hybridized carbons (Fsp3) is 0.500. The lowest BCUT2D eigenvalue weighted by molar-refractivity contribution is -0.0511. The van der Waals surface area contributed by atoms with E-state index in [9.17, 15) is 19.7 Å². The number of rotatable bonds is 7. The van der Waals surface area contributed by atoms with Gasteiger partial charge in [0, 0.05) is 0 Å². The van der Waals surface area contributed by atoms with Crippen LogP contribution < -0.4 is 5.32 Å². The number of nitrogens with zero attached hydrogens (tertiary/aromatic N) is 4. The fourth-order valence-electron chi connectivity index (χ4n) is 4.54. The van der Waals surface area contributed by atoms with Gasteiger partial charge in [-0.15, -0.1) is 0 Å². The molecular weight excluding hydrogens is 469 g/mol. The van der Waals surface area contributed by atoms with Gasteiger partial charge in [-0.3, -0.25) is 4.57 Å². The Balaban J connectivity index is 1.35. The molecule has 182 valence electrons. The molecule has 3 aromatic rings. The van der Waals surface area contributed by atoms with E-state index in [-0.39, 0.29) is 23.2 Å². The molecule has 2 aliphatic rings. The van der Waals surface area contributed by atoms with Gasteiger partial charge in [0.05, 0.1) is 31.7 Å². The number of anilines is 1. The van der Waals surface area contributed by atoms with Gasteiger partial charge in [0.15, 0.2) is 23.2 Å². The van der Waals surface area contributed by atoms with E-state index in [1.54, 1.807) is 12.1 Å². The number of nitrogens with one attached hydrogen (secondary N) is 1. The largest absolute Gasteiger partial charge is 0.394 e. The number of ether oxygens (including phenoxy) is 2. The van der Waals surface area contributed by atoms with Crippen LogP contribution in [-0.4, -0.2) is 71.9 Å². The summed E-state index contributed by atoms with van der Waals surface area (Å²) in [5, 5.41) is 33.2. The van der Waals surface area contributed by atoms with E-state index in [1.165, 1.54) is 23.0 Å². The molecule has 1 aliphatic carbocycles. The minimum absolute atomic E-state index is 0.0229. The van der Waals surface area contributed by atoms with Crippen molar-refractivity contribution in [3.63, 3.8) is 0 Å². The molecule has 1 aliphatic heterocycles. The molecule has 0 amide bonds. The van der Waals surface area contributed by atoms with E-state index in [4.69, 9.17) is 21.1 Å². The Morgan fingerprint density at radius 3 is 2.71 bits per heavy atom. The summed E-state index contributed by atoms with van der Waals surface area (Å²) >= 11 is 6.20. The average molecular weight is 494 g/mol. The summed E-state index contributed by atoms with van der Waals surface area (Å²) in [5.41, 5.74) is 1.63. The highest BCUT2D eigenvalue weighted by Crippen LogP contribution is 2.34. The third-order valence-corrected chi connectivity index (χ3v) is 6.51. The SMILES string of the molecule is OC[C@H]1O[C@@H](n2cnc3c(N[C@H]4CCC[C@@H]4OCc4ccc(F)cc4)nc(Cl)nc32)[C@H](O)[C@@H]1O. The van der Waals surface area contributed by atoms with Crippen molar-refractivity contribution in [3.05, 3.63) is 47.3 Å². The summed E-state index contributed by atoms with van der Waals surface area (Å²) in [4.78, 5) is 12.9. The number of aromatic nitrogens is 4. The Bertz CT molecular complexity index is 1150. The van der Waals surface area contributed by atoms with E-state index in [2.05, 4.69) is 20.3 Å². The van der Waals surface area contributed by atoms with Crippen LogP contribution in [-0.2, 0) is 16.1 Å². The molecule has 1 saturated heterocycles. The molecule has 0 bridgehead atoms. The Kier molecular flexibility index (Phi) is 6.65. The van der Waals surface area contributed by atoms with Gasteiger partial charge >= 0.3 is 0 Å². The van der Waals surface area contributed by atoms with Gasteiger partial charge in [0.2, 0.25) is 5.28 Å². The number of hydrogen-bond acceptors (Lipinski definition) is 9. The van der Waals surface area contributed by atoms with Crippen molar-refractivity contribution in [2.45, 2.75) is 62.6 Å². The minimum Gasteiger partial charge on any atom is -0.394 e. The molecule has 6 atom stereocenters. The highest BCUT2D eigenvalue weighted by molar-refractivity contribution is 6.28. The molecular formula is C22H25ClFN5O5. The number of halogens is 2. The van der Waals surface area contributed by atoms with E-state index < -0.39 is 31.1 Å². The summed E-state index contributed by atoms with van der Waals surface area (Å²) in [6, 6.07) is 6.17. The van der Waals surface area contributed by atoms with Gasteiger partial charge in [0.1, 0.15) is 24.1 Å². The Morgan fingerprint density at radius 2 is 1.97 bits per heavy atom. The molecule has 3 heterocycles. The monoisotopic (exact) mass is 493 g/mol. The molecule has 10 nitrogen and oxygen atoms in total. The molecule has 12 heteroatoms. The van der Waals surface area contributed by atoms with Crippen LogP contribution in [0.15, 0.2) is 30.6 Å². The van der Waals surface area contributed by atoms with Gasteiger partial charge < -0.3 is 30.1 Å². The number of benzene rings is 1. The van der Waals surface area contributed by atoms with Crippen molar-refractivity contribution in [1.29, 1.82) is 0 Å². The standard InChI is InChI=1S/C22H25ClFN5O5/c23-22-27-19(26-13-2-1-3-14(13)33-9-11-4-6-12(24)7-5-11)16-20(28-22)29(10-25-16)21-18(32)17(31)15(8-30)34-21/h4-7,10,13-15,17-18,21,30-32H,1-3,8-9H2,(H,26,27,28)/t13-,14-,15+,17+,18+,21+/m0/s1. The maximum absolute atomic E-state index is 13.1. The molecule has 4 N–H and O–H groups in total. The third kappa shape index (κ3) is 4.47. The van der Waals surface area contributed by atoms with Crippen molar-refractivity contribution in [3.8, 4) is 0 Å². The molecule has 0 spiro atoms. The average Bonchev–Trinajstić information content (AvgIpc) is 3.52. The number of hydrogen-bond donors (Lipinski definition) is 4. The second-order valence-electron chi connectivity index (χ2n) is 8.55. The van der Waals surface area contributed by atoms with Crippen LogP contribution in [0.3, 0.4) is 0 Å². The summed E-state index contributed by atoms with van der Waals surface area (Å²) in [6.45, 7) is -0.0756. The summed E-state index contributed by atoms with van der Waals surface area (Å²) in [7, 11) is 0. The number of imidazole rings is 1. The molecule has 1 saturated carbocycles. The lowest BCUT2D eigenvalue weighted by Crippen LogP contribution is -2.33. The Hall–Kier alpha value is -2.41. The molecule has 1 aromatic carbocycles. The van der Waals surface area contributed by atoms with Crippen molar-refractivity contribution >= 4 is 28.6 Å². The topological polar surface area (TPSA) is 135 Å². The van der Waals surface area contributed by atoms with Crippen LogP contribution in [0.4, 0.5) is 10.2 Å². The molecule has 34 heavy (non-hydrogen) atoms. The Labute approximate surface area is 199 Å². The van der Waals surface area contributed by atoms with Crippen molar-refractivity contribution < 1.29 is 29.2 Å². The van der Waals surface area contributed by atoms with E-state index in [1.807, 2.05) is 0 Å². The van der Waals surface area contributed by atoms with Crippen molar-refractivity contribution in [1.82, 2.24) is 19.5 Å². The maximum Gasteiger partial charge on any atom is 0.226 e. The lowest BCUT2D eigenvalue weighted by Gasteiger charge is -2.22. The third-order valence-electron chi connectivity index (χ3n) is 6.34. The van der Waals surface area contributed by atoms with Crippen LogP contribution in [0.2, 0.25) is 5.28 Å². The van der Waals surface area contributed by atoms with Crippen molar-refractivity contribution in [2.75, 3.05) is 11.9 Å². The zero-order chi connectivity index (χ0) is 23.8. The first-order chi connectivity index (χ1) is 16.4. The maximum atomic E-state index is 13.1. The zero-order valence-electron chi connectivity index (χ0n) is 18.1. The number of fused-ring (bicyclic) bond motifs is 1. The second kappa shape index (κ2) is 9.68. The van der Waals surface area contributed by atoms with Crippen LogP contribution in [0, 0.1) is 5.82 Å². The molecule has 0 unspecified atom stereocenters. The fourth-order valence-corrected chi connectivity index (χ4v) is 4.70. The van der Waals surface area contributed by atoms with E-state index >= 15 is 0 Å². The summed E-state index contributed by atoms with van der Waals surface area (Å²) < 4.78 is 26.3. The molecule has 2 aromatic heterocycles. The van der Waals surface area contributed by atoms with Crippen LogP contribution in [0.25, 0.3) is 11.2 Å². The van der Waals surface area contributed by atoms with Crippen molar-refractivity contribution in [2.24, 2.45) is 0 Å². The summed E-state index contributed by atoms with van der Waals surface area (Å²) in [6.07, 6.45) is -0.428. The lowest BCUT2D eigenvalue weighted by atomic mass is 10.1. The normalized spacial score (nSPS) is 29.2. The van der Waals surface area contributed by atoms with Gasteiger partial charge in [-0.05, 0) is 48.6 Å². The first kappa shape index (κ1) is 23.3. The number of aliphatic hydroxyl groups is 3. The smallest absolute Gasteiger partial charge is 0.226 e. The molecule has 5 rings (SSSR count). The highest BCUT2D eigenvalue weighted by Gasteiger charge is 2.44. The van der Waals surface area contributed by atoms with E-state index in [0.29, 0.717) is 23.6 Å². The first-order valence-electron chi connectivity index (χ1n) is 11.1. The van der Waals surface area contributed by atoms with E-state index in [0.717, 1.165) is 24.8 Å². The van der Waals surface area contributed by atoms with Gasteiger partial charge in [0.25, 0.3) is 0 Å². The predicted molar refractivity (Wildman–Crippen MR) is 120 cm³/mol. The van der Waals surface area contributed by atoms with Crippen LogP contribution in [0.5, 0.6) is 0 Å². The number of aliphatic hydroxyl groups excluding tert-OH is 3. The predicted octanol–water partition coefficient (Wildman–Crippen LogP) is 1.78. The van der Waals surface area contributed by atoms with Gasteiger partial charge in [-0.2, -0.15) is 9.97 Å². The Morgan fingerprint density at radius 1 is 1.18 bits per heavy atom. The van der Waals surface area contributed by atoms with Crippen LogP contribution in [0.1, 0.15) is 31.1 Å². The summed E-state index contributed by atoms with van der Waals surface area (Å²) in [5.74, 6) is 0.132. The first-order valence-corrected chi connectivity index (χ1v) is 11.5. The second-order valence-corrected chi connectivity index (χ2v) is 8.89. The van der Waals surface area contributed by atoms with Gasteiger partial charge in [-0.25, -0.2) is 9.37 Å². The highest BCUT2D eigenvalue weighted by atomic mass is 35.5.